The molecule has 0 aromatic heterocycles. The summed E-state index contributed by atoms with van der Waals surface area (Å²) in [5.41, 5.74) is 8.66. The smallest absolute Gasteiger partial charge is 0.0636 e. The second-order valence-corrected chi connectivity index (χ2v) is 8.39. The molecule has 0 fully saturated rings. The molecule has 0 heterocycles. The van der Waals surface area contributed by atoms with Crippen molar-refractivity contribution in [2.24, 2.45) is 9.98 Å². The number of nitrogens with zero attached hydrogens (tertiary/aromatic N) is 2. The first-order valence-electron chi connectivity index (χ1n) is 11.9. The Morgan fingerprint density at radius 1 is 0.742 bits per heavy atom. The van der Waals surface area contributed by atoms with Gasteiger partial charge in [-0.15, -0.1) is 0 Å². The van der Waals surface area contributed by atoms with E-state index in [1.54, 1.807) is 0 Å². The van der Waals surface area contributed by atoms with Crippen LogP contribution in [0.2, 0.25) is 0 Å². The Balaban J connectivity index is 0.00000480. The molecular weight excluding hydrogens is 471 g/mol. The molecule has 0 atom stereocenters. The fourth-order valence-corrected chi connectivity index (χ4v) is 3.70. The molecule has 0 unspecified atom stereocenters. The largest absolute Gasteiger partial charge is 0.255 e. The SMILES string of the molecule is CCCCCCC(/C=N/c1ccc(CCC)c(CCC)c1)=N\c1ccc(C)c(C)c1.[Pd]. The monoisotopic (exact) mass is 510 g/mol. The van der Waals surface area contributed by atoms with Crippen molar-refractivity contribution in [2.45, 2.75) is 92.4 Å². The Bertz CT molecular complexity index is 852. The van der Waals surface area contributed by atoms with Crippen LogP contribution in [-0.2, 0) is 33.3 Å². The first-order chi connectivity index (χ1) is 14.6. The van der Waals surface area contributed by atoms with Gasteiger partial charge >= 0.3 is 0 Å². The van der Waals surface area contributed by atoms with Crippen LogP contribution < -0.4 is 0 Å². The van der Waals surface area contributed by atoms with Crippen LogP contribution in [0.5, 0.6) is 0 Å². The number of hydrogen-bond donors (Lipinski definition) is 0. The number of hydrogen-bond acceptors (Lipinski definition) is 2. The van der Waals surface area contributed by atoms with Gasteiger partial charge in [0.25, 0.3) is 0 Å². The van der Waals surface area contributed by atoms with E-state index in [0.29, 0.717) is 0 Å². The number of aryl methyl sites for hydroxylation is 4. The zero-order chi connectivity index (χ0) is 21.8. The minimum atomic E-state index is 0. The molecule has 0 bridgehead atoms. The molecule has 0 aliphatic heterocycles. The fraction of sp³-hybridized carbons (Fsp3) is 0.500. The third kappa shape index (κ3) is 9.63. The van der Waals surface area contributed by atoms with Gasteiger partial charge in [-0.3, -0.25) is 9.98 Å². The minimum Gasteiger partial charge on any atom is -0.255 e. The Hall–Kier alpha value is -1.56. The summed E-state index contributed by atoms with van der Waals surface area (Å²) in [6.07, 6.45) is 12.6. The average molecular weight is 511 g/mol. The van der Waals surface area contributed by atoms with E-state index in [4.69, 9.17) is 9.98 Å². The molecule has 0 saturated carbocycles. The Labute approximate surface area is 204 Å². The van der Waals surface area contributed by atoms with Gasteiger partial charge in [-0.05, 0) is 86.1 Å². The average Bonchev–Trinajstić information content (AvgIpc) is 2.74. The van der Waals surface area contributed by atoms with Gasteiger partial charge in [-0.2, -0.15) is 0 Å². The van der Waals surface area contributed by atoms with Crippen molar-refractivity contribution < 1.29 is 20.4 Å². The van der Waals surface area contributed by atoms with Gasteiger partial charge in [0.1, 0.15) is 0 Å². The van der Waals surface area contributed by atoms with Crippen LogP contribution >= 0.6 is 0 Å². The molecule has 2 nitrogen and oxygen atoms in total. The second kappa shape index (κ2) is 15.3. The molecule has 3 heteroatoms. The molecule has 0 radical (unpaired) electrons. The van der Waals surface area contributed by atoms with Crippen molar-refractivity contribution in [1.82, 2.24) is 0 Å². The number of unbranched alkanes of at least 4 members (excludes halogenated alkanes) is 3. The Morgan fingerprint density at radius 2 is 1.45 bits per heavy atom. The molecule has 0 spiro atoms. The van der Waals surface area contributed by atoms with E-state index in [2.05, 4.69) is 71.0 Å². The second-order valence-electron chi connectivity index (χ2n) is 8.39. The van der Waals surface area contributed by atoms with Gasteiger partial charge in [-0.1, -0.05) is 65.0 Å². The van der Waals surface area contributed by atoms with Crippen molar-refractivity contribution in [3.63, 3.8) is 0 Å². The molecule has 2 aromatic rings. The molecule has 0 aliphatic rings. The first-order valence-corrected chi connectivity index (χ1v) is 11.9. The maximum absolute atomic E-state index is 4.95. The van der Waals surface area contributed by atoms with Gasteiger partial charge in [0, 0.05) is 26.6 Å². The maximum atomic E-state index is 4.95. The van der Waals surface area contributed by atoms with E-state index in [1.807, 2.05) is 6.21 Å². The van der Waals surface area contributed by atoms with Gasteiger partial charge in [0.15, 0.2) is 0 Å². The van der Waals surface area contributed by atoms with Crippen molar-refractivity contribution in [1.29, 1.82) is 0 Å². The van der Waals surface area contributed by atoms with Crippen LogP contribution in [0.25, 0.3) is 0 Å². The van der Waals surface area contributed by atoms with Crippen LogP contribution in [0.15, 0.2) is 46.4 Å². The van der Waals surface area contributed by atoms with Crippen LogP contribution in [0, 0.1) is 13.8 Å². The fourth-order valence-electron chi connectivity index (χ4n) is 3.70. The summed E-state index contributed by atoms with van der Waals surface area (Å²) in [5, 5.41) is 0. The predicted octanol–water partition coefficient (Wildman–Crippen LogP) is 8.65. The van der Waals surface area contributed by atoms with Gasteiger partial charge in [0.2, 0.25) is 0 Å². The number of benzene rings is 2. The zero-order valence-corrected chi connectivity index (χ0v) is 21.7. The molecule has 2 aromatic carbocycles. The summed E-state index contributed by atoms with van der Waals surface area (Å²) in [7, 11) is 0. The molecular formula is C28H40N2Pd. The summed E-state index contributed by atoms with van der Waals surface area (Å²) in [6, 6.07) is 13.1. The van der Waals surface area contributed by atoms with Gasteiger partial charge in [0.05, 0.1) is 17.1 Å². The van der Waals surface area contributed by atoms with Crippen LogP contribution in [-0.4, -0.2) is 11.9 Å². The molecule has 2 rings (SSSR count). The first kappa shape index (κ1) is 27.5. The molecule has 0 N–H and O–H groups in total. The third-order valence-corrected chi connectivity index (χ3v) is 5.64. The van der Waals surface area contributed by atoms with E-state index < -0.39 is 0 Å². The number of rotatable bonds is 12. The van der Waals surface area contributed by atoms with Crippen molar-refractivity contribution in [3.8, 4) is 0 Å². The summed E-state index contributed by atoms with van der Waals surface area (Å²) in [5.74, 6) is 0. The number of aliphatic imine (C=N–C) groups is 2. The quantitative estimate of drug-likeness (QED) is 0.155. The van der Waals surface area contributed by atoms with Crippen LogP contribution in [0.4, 0.5) is 11.4 Å². The summed E-state index contributed by atoms with van der Waals surface area (Å²) >= 11 is 0. The van der Waals surface area contributed by atoms with Crippen molar-refractivity contribution >= 4 is 23.3 Å². The van der Waals surface area contributed by atoms with E-state index in [0.717, 1.165) is 36.3 Å². The summed E-state index contributed by atoms with van der Waals surface area (Å²) in [6.45, 7) is 11.0. The van der Waals surface area contributed by atoms with E-state index in [1.165, 1.54) is 60.8 Å². The predicted molar refractivity (Wildman–Crippen MR) is 134 cm³/mol. The minimum absolute atomic E-state index is 0. The molecule has 172 valence electrons. The molecule has 0 amide bonds. The zero-order valence-electron chi connectivity index (χ0n) is 20.1. The topological polar surface area (TPSA) is 24.7 Å². The van der Waals surface area contributed by atoms with Crippen molar-refractivity contribution in [3.05, 3.63) is 58.7 Å². The molecule has 0 aliphatic carbocycles. The van der Waals surface area contributed by atoms with Crippen LogP contribution in [0.1, 0.15) is 88.0 Å². The Morgan fingerprint density at radius 3 is 2.13 bits per heavy atom. The molecule has 31 heavy (non-hydrogen) atoms. The van der Waals surface area contributed by atoms with E-state index in [-0.39, 0.29) is 20.4 Å². The normalized spacial score (nSPS) is 11.7. The summed E-state index contributed by atoms with van der Waals surface area (Å²) < 4.78 is 0. The van der Waals surface area contributed by atoms with Gasteiger partial charge < -0.3 is 0 Å². The van der Waals surface area contributed by atoms with E-state index >= 15 is 0 Å². The standard InChI is InChI=1S/C28H40N2.Pd/c1-6-9-10-11-14-28(30-27-17-15-22(4)23(5)19-27)21-29-26-18-16-24(12-7-2)25(20-26)13-8-3;/h15-21H,6-14H2,1-5H3;/b29-21+,30-28+;. The summed E-state index contributed by atoms with van der Waals surface area (Å²) in [4.78, 5) is 9.78. The van der Waals surface area contributed by atoms with Gasteiger partial charge in [-0.25, -0.2) is 0 Å². The van der Waals surface area contributed by atoms with Crippen molar-refractivity contribution in [2.75, 3.05) is 0 Å². The van der Waals surface area contributed by atoms with E-state index in [9.17, 15) is 0 Å². The third-order valence-electron chi connectivity index (χ3n) is 5.64. The molecule has 0 saturated heterocycles. The van der Waals surface area contributed by atoms with Crippen LogP contribution in [0.3, 0.4) is 0 Å². The maximum Gasteiger partial charge on any atom is 0.0636 e. The Kier molecular flexibility index (Phi) is 13.5.